The zero-order valence-electron chi connectivity index (χ0n) is 10.0. The maximum absolute atomic E-state index is 11.9. The van der Waals surface area contributed by atoms with Crippen LogP contribution in [0.2, 0.25) is 5.02 Å². The lowest BCUT2D eigenvalue weighted by Gasteiger charge is -2.07. The van der Waals surface area contributed by atoms with Gasteiger partial charge in [-0.25, -0.2) is 0 Å². The number of carbonyl (C=O) groups is 1. The van der Waals surface area contributed by atoms with E-state index in [4.69, 9.17) is 11.6 Å². The maximum Gasteiger partial charge on any atom is 0.252 e. The van der Waals surface area contributed by atoms with Crippen molar-refractivity contribution in [1.82, 2.24) is 5.32 Å². The van der Waals surface area contributed by atoms with Crippen molar-refractivity contribution in [3.05, 3.63) is 33.3 Å². The molecule has 0 bridgehead atoms. The number of carbonyl (C=O) groups excluding carboxylic acids is 1. The van der Waals surface area contributed by atoms with Crippen molar-refractivity contribution >= 4 is 56.0 Å². The second-order valence-electron chi connectivity index (χ2n) is 3.98. The minimum atomic E-state index is -0.102. The minimum Gasteiger partial charge on any atom is -0.352 e. The van der Waals surface area contributed by atoms with E-state index in [1.165, 1.54) is 17.3 Å². The Morgan fingerprint density at radius 3 is 2.72 bits per heavy atom. The van der Waals surface area contributed by atoms with Gasteiger partial charge in [0.15, 0.2) is 0 Å². The monoisotopic (exact) mass is 443 g/mol. The molecule has 1 amide bonds. The van der Waals surface area contributed by atoms with E-state index in [-0.39, 0.29) is 5.91 Å². The van der Waals surface area contributed by atoms with Crippen LogP contribution in [0.25, 0.3) is 0 Å². The molecule has 0 saturated carbocycles. The molecule has 2 nitrogen and oxygen atoms in total. The first-order chi connectivity index (χ1) is 8.65. The van der Waals surface area contributed by atoms with Gasteiger partial charge in [0.1, 0.15) is 0 Å². The smallest absolute Gasteiger partial charge is 0.252 e. The van der Waals surface area contributed by atoms with Crippen LogP contribution in [-0.4, -0.2) is 16.9 Å². The highest BCUT2D eigenvalue weighted by atomic mass is 127. The van der Waals surface area contributed by atoms with Gasteiger partial charge in [-0.3, -0.25) is 4.79 Å². The molecule has 5 heteroatoms. The number of alkyl halides is 1. The number of unbranched alkanes of at least 4 members (excludes halogenated alkanes) is 3. The van der Waals surface area contributed by atoms with E-state index in [1.54, 1.807) is 12.1 Å². The minimum absolute atomic E-state index is 0.102. The first kappa shape index (κ1) is 16.2. The summed E-state index contributed by atoms with van der Waals surface area (Å²) in [6.07, 6.45) is 4.67. The quantitative estimate of drug-likeness (QED) is 0.364. The Bertz CT molecular complexity index is 401. The average molecular weight is 445 g/mol. The Balaban J connectivity index is 2.34. The first-order valence-electron chi connectivity index (χ1n) is 5.94. The van der Waals surface area contributed by atoms with Crippen LogP contribution in [0.15, 0.2) is 22.7 Å². The summed E-state index contributed by atoms with van der Waals surface area (Å²) in [6.45, 7) is 0.711. The van der Waals surface area contributed by atoms with Crippen LogP contribution in [0.5, 0.6) is 0 Å². The van der Waals surface area contributed by atoms with Gasteiger partial charge in [-0.15, -0.1) is 0 Å². The van der Waals surface area contributed by atoms with E-state index in [9.17, 15) is 4.79 Å². The second-order valence-corrected chi connectivity index (χ2v) is 6.38. The molecule has 0 heterocycles. The zero-order valence-corrected chi connectivity index (χ0v) is 14.5. The predicted molar refractivity (Wildman–Crippen MR) is 88.8 cm³/mol. The van der Waals surface area contributed by atoms with Gasteiger partial charge >= 0.3 is 0 Å². The van der Waals surface area contributed by atoms with Crippen molar-refractivity contribution < 1.29 is 4.79 Å². The second kappa shape index (κ2) is 9.15. The van der Waals surface area contributed by atoms with Crippen LogP contribution < -0.4 is 5.32 Å². The summed E-state index contributed by atoms with van der Waals surface area (Å²) in [5, 5.41) is 3.38. The van der Waals surface area contributed by atoms with Crippen LogP contribution in [0.1, 0.15) is 36.0 Å². The maximum atomic E-state index is 11.9. The summed E-state index contributed by atoms with van der Waals surface area (Å²) in [7, 11) is 0. The van der Waals surface area contributed by atoms with E-state index in [2.05, 4.69) is 43.8 Å². The molecule has 1 aromatic rings. The van der Waals surface area contributed by atoms with Crippen molar-refractivity contribution in [1.29, 1.82) is 0 Å². The molecule has 1 N–H and O–H groups in total. The number of amides is 1. The molecule has 1 rings (SSSR count). The van der Waals surface area contributed by atoms with E-state index >= 15 is 0 Å². The third kappa shape index (κ3) is 5.89. The fraction of sp³-hybridized carbons (Fsp3) is 0.462. The van der Waals surface area contributed by atoms with E-state index < -0.39 is 0 Å². The molecule has 0 atom stereocenters. The third-order valence-electron chi connectivity index (χ3n) is 2.52. The standard InChI is InChI=1S/C13H16BrClINO/c14-10-5-6-12(15)11(9-10)13(18)17-8-4-2-1-3-7-16/h5-6,9H,1-4,7-8H2,(H,17,18). The van der Waals surface area contributed by atoms with Crippen molar-refractivity contribution in [2.24, 2.45) is 0 Å². The van der Waals surface area contributed by atoms with Gasteiger partial charge in [-0.2, -0.15) is 0 Å². The number of rotatable bonds is 7. The summed E-state index contributed by atoms with van der Waals surface area (Å²) in [6, 6.07) is 5.29. The summed E-state index contributed by atoms with van der Waals surface area (Å²) >= 11 is 11.7. The molecule has 0 radical (unpaired) electrons. The molecule has 0 aliphatic carbocycles. The molecule has 0 aromatic heterocycles. The number of halogens is 3. The molecule has 0 saturated heterocycles. The number of benzene rings is 1. The lowest BCUT2D eigenvalue weighted by molar-refractivity contribution is 0.0953. The topological polar surface area (TPSA) is 29.1 Å². The van der Waals surface area contributed by atoms with E-state index in [0.717, 1.165) is 17.3 Å². The Morgan fingerprint density at radius 1 is 1.28 bits per heavy atom. The molecule has 0 spiro atoms. The Kier molecular flexibility index (Phi) is 8.26. The molecule has 100 valence electrons. The largest absolute Gasteiger partial charge is 0.352 e. The van der Waals surface area contributed by atoms with E-state index in [1.807, 2.05) is 6.07 Å². The third-order valence-corrected chi connectivity index (χ3v) is 4.10. The molecule has 0 aliphatic heterocycles. The summed E-state index contributed by atoms with van der Waals surface area (Å²) in [4.78, 5) is 11.9. The highest BCUT2D eigenvalue weighted by Crippen LogP contribution is 2.20. The number of hydrogen-bond acceptors (Lipinski definition) is 1. The Morgan fingerprint density at radius 2 is 2.00 bits per heavy atom. The summed E-state index contributed by atoms with van der Waals surface area (Å²) in [5.41, 5.74) is 0.526. The van der Waals surface area contributed by atoms with Gasteiger partial charge < -0.3 is 5.32 Å². The fourth-order valence-electron chi connectivity index (χ4n) is 1.54. The predicted octanol–water partition coefficient (Wildman–Crippen LogP) is 4.83. The van der Waals surface area contributed by atoms with Crippen LogP contribution in [0.3, 0.4) is 0 Å². The average Bonchev–Trinajstić information content (AvgIpc) is 2.36. The van der Waals surface area contributed by atoms with Crippen molar-refractivity contribution in [3.63, 3.8) is 0 Å². The molecular weight excluding hydrogens is 428 g/mol. The lowest BCUT2D eigenvalue weighted by Crippen LogP contribution is -2.24. The lowest BCUT2D eigenvalue weighted by atomic mass is 10.2. The highest BCUT2D eigenvalue weighted by molar-refractivity contribution is 14.1. The van der Waals surface area contributed by atoms with Crippen molar-refractivity contribution in [3.8, 4) is 0 Å². The van der Waals surface area contributed by atoms with Crippen LogP contribution in [-0.2, 0) is 0 Å². The number of nitrogens with one attached hydrogen (secondary N) is 1. The molecular formula is C13H16BrClINO. The SMILES string of the molecule is O=C(NCCCCCCI)c1cc(Br)ccc1Cl. The molecule has 18 heavy (non-hydrogen) atoms. The van der Waals surface area contributed by atoms with Gasteiger partial charge in [0.25, 0.3) is 5.91 Å². The van der Waals surface area contributed by atoms with Gasteiger partial charge in [-0.1, -0.05) is 63.0 Å². The van der Waals surface area contributed by atoms with Crippen LogP contribution in [0.4, 0.5) is 0 Å². The molecule has 0 unspecified atom stereocenters. The zero-order chi connectivity index (χ0) is 13.4. The van der Waals surface area contributed by atoms with Gasteiger partial charge in [0, 0.05) is 11.0 Å². The van der Waals surface area contributed by atoms with Gasteiger partial charge in [0.05, 0.1) is 10.6 Å². The Labute approximate surface area is 135 Å². The molecule has 0 fully saturated rings. The highest BCUT2D eigenvalue weighted by Gasteiger charge is 2.09. The normalized spacial score (nSPS) is 10.4. The van der Waals surface area contributed by atoms with Gasteiger partial charge in [-0.05, 0) is 35.5 Å². The van der Waals surface area contributed by atoms with Gasteiger partial charge in [0.2, 0.25) is 0 Å². The number of hydrogen-bond donors (Lipinski definition) is 1. The first-order valence-corrected chi connectivity index (χ1v) is 8.64. The summed E-state index contributed by atoms with van der Waals surface area (Å²) < 4.78 is 2.07. The molecule has 0 aliphatic rings. The summed E-state index contributed by atoms with van der Waals surface area (Å²) in [5.74, 6) is -0.102. The van der Waals surface area contributed by atoms with Crippen molar-refractivity contribution in [2.45, 2.75) is 25.7 Å². The van der Waals surface area contributed by atoms with Crippen molar-refractivity contribution in [2.75, 3.05) is 11.0 Å². The van der Waals surface area contributed by atoms with Crippen LogP contribution in [0, 0.1) is 0 Å². The Hall–Kier alpha value is 0.190. The van der Waals surface area contributed by atoms with E-state index in [0.29, 0.717) is 17.1 Å². The molecule has 1 aromatic carbocycles. The fourth-order valence-corrected chi connectivity index (χ4v) is 2.65. The van der Waals surface area contributed by atoms with Crippen LogP contribution >= 0.6 is 50.1 Å².